The number of benzene rings is 1. The highest BCUT2D eigenvalue weighted by atomic mass is 32.1. The molecule has 0 bridgehead atoms. The Kier molecular flexibility index (Phi) is 3.51. The van der Waals surface area contributed by atoms with E-state index in [1.165, 1.54) is 18.2 Å². The topological polar surface area (TPSA) is 61.1 Å². The van der Waals surface area contributed by atoms with Gasteiger partial charge in [0.15, 0.2) is 0 Å². The molecule has 0 spiro atoms. The minimum absolute atomic E-state index is 0.230. The summed E-state index contributed by atoms with van der Waals surface area (Å²) in [4.78, 5) is 11.7. The van der Waals surface area contributed by atoms with Crippen molar-refractivity contribution in [3.8, 4) is 16.5 Å². The summed E-state index contributed by atoms with van der Waals surface area (Å²) in [6.45, 7) is 0. The first-order valence-electron chi connectivity index (χ1n) is 5.28. The zero-order valence-electron chi connectivity index (χ0n) is 9.73. The number of carboxylic acid groups (broad SMARTS) is 1. The van der Waals surface area contributed by atoms with Crippen LogP contribution in [-0.2, 0) is 6.18 Å². The Morgan fingerprint density at radius 2 is 1.95 bits per heavy atom. The van der Waals surface area contributed by atoms with Crippen molar-refractivity contribution in [1.29, 1.82) is 5.26 Å². The molecule has 0 radical (unpaired) electrons. The molecule has 1 aromatic carbocycles. The van der Waals surface area contributed by atoms with Gasteiger partial charge in [0.1, 0.15) is 10.9 Å². The van der Waals surface area contributed by atoms with Crippen LogP contribution < -0.4 is 0 Å². The second-order valence-corrected chi connectivity index (χ2v) is 4.92. The van der Waals surface area contributed by atoms with Crippen molar-refractivity contribution in [2.45, 2.75) is 6.18 Å². The maximum absolute atomic E-state index is 12.9. The summed E-state index contributed by atoms with van der Waals surface area (Å²) in [5, 5.41) is 17.5. The summed E-state index contributed by atoms with van der Waals surface area (Å²) in [5.74, 6) is -1.63. The van der Waals surface area contributed by atoms with Crippen LogP contribution in [0.1, 0.15) is 20.8 Å². The van der Waals surface area contributed by atoms with Crippen molar-refractivity contribution in [1.82, 2.24) is 0 Å². The smallest absolute Gasteiger partial charge is 0.417 e. The SMILES string of the molecule is N#Cc1ccc(-c2ccc(C(=O)O)c(C(F)(F)F)c2)s1. The van der Waals surface area contributed by atoms with Crippen LogP contribution in [0.25, 0.3) is 10.4 Å². The Morgan fingerprint density at radius 3 is 2.45 bits per heavy atom. The second kappa shape index (κ2) is 4.98. The van der Waals surface area contributed by atoms with Gasteiger partial charge in [0.05, 0.1) is 11.1 Å². The number of aromatic carboxylic acids is 1. The number of rotatable bonds is 2. The molecular formula is C13H6F3NO2S. The lowest BCUT2D eigenvalue weighted by Gasteiger charge is -2.11. The summed E-state index contributed by atoms with van der Waals surface area (Å²) >= 11 is 1.04. The number of alkyl halides is 3. The highest BCUT2D eigenvalue weighted by molar-refractivity contribution is 7.16. The summed E-state index contributed by atoms with van der Waals surface area (Å²) < 4.78 is 38.6. The van der Waals surface area contributed by atoms with Gasteiger partial charge >= 0.3 is 12.1 Å². The van der Waals surface area contributed by atoms with Crippen LogP contribution in [0.2, 0.25) is 0 Å². The Bertz CT molecular complexity index is 713. The number of nitriles is 1. The fourth-order valence-corrected chi connectivity index (χ4v) is 2.47. The summed E-state index contributed by atoms with van der Waals surface area (Å²) in [6, 6.07) is 7.93. The van der Waals surface area contributed by atoms with Crippen LogP contribution in [0.5, 0.6) is 0 Å². The number of hydrogen-bond acceptors (Lipinski definition) is 3. The molecule has 3 nitrogen and oxygen atoms in total. The van der Waals surface area contributed by atoms with Crippen LogP contribution in [0.4, 0.5) is 13.2 Å². The molecule has 0 aliphatic carbocycles. The third kappa shape index (κ3) is 2.65. The number of nitrogens with zero attached hydrogens (tertiary/aromatic N) is 1. The highest BCUT2D eigenvalue weighted by Gasteiger charge is 2.35. The lowest BCUT2D eigenvalue weighted by Crippen LogP contribution is -2.12. The van der Waals surface area contributed by atoms with Crippen LogP contribution in [-0.4, -0.2) is 11.1 Å². The summed E-state index contributed by atoms with van der Waals surface area (Å²) in [7, 11) is 0. The molecule has 1 N–H and O–H groups in total. The molecule has 0 amide bonds. The highest BCUT2D eigenvalue weighted by Crippen LogP contribution is 2.36. The van der Waals surface area contributed by atoms with Gasteiger partial charge in [0, 0.05) is 4.88 Å². The molecule has 0 saturated carbocycles. The quantitative estimate of drug-likeness (QED) is 0.911. The fourth-order valence-electron chi connectivity index (χ4n) is 1.67. The molecule has 2 aromatic rings. The Balaban J connectivity index is 2.58. The number of hydrogen-bond donors (Lipinski definition) is 1. The number of carbonyl (C=O) groups is 1. The van der Waals surface area contributed by atoms with Gasteiger partial charge in [-0.15, -0.1) is 11.3 Å². The van der Waals surface area contributed by atoms with E-state index in [0.29, 0.717) is 9.75 Å². The van der Waals surface area contributed by atoms with Crippen molar-refractivity contribution in [2.24, 2.45) is 0 Å². The zero-order chi connectivity index (χ0) is 14.9. The molecule has 7 heteroatoms. The summed E-state index contributed by atoms with van der Waals surface area (Å²) in [6.07, 6.45) is -4.75. The van der Waals surface area contributed by atoms with Gasteiger partial charge in [-0.2, -0.15) is 18.4 Å². The fraction of sp³-hybridized carbons (Fsp3) is 0.0769. The van der Waals surface area contributed by atoms with Gasteiger partial charge in [-0.25, -0.2) is 4.79 Å². The normalized spacial score (nSPS) is 11.1. The van der Waals surface area contributed by atoms with Crippen molar-refractivity contribution >= 4 is 17.3 Å². The second-order valence-electron chi connectivity index (χ2n) is 3.84. The van der Waals surface area contributed by atoms with Gasteiger partial charge in [0.25, 0.3) is 0 Å². The van der Waals surface area contributed by atoms with Gasteiger partial charge in [0.2, 0.25) is 0 Å². The summed E-state index contributed by atoms with van der Waals surface area (Å²) in [5.41, 5.74) is -1.76. The van der Waals surface area contributed by atoms with E-state index in [1.807, 2.05) is 6.07 Å². The number of carboxylic acids is 1. The molecule has 0 aliphatic heterocycles. The molecular weight excluding hydrogens is 291 g/mol. The average Bonchev–Trinajstić information content (AvgIpc) is 2.85. The van der Waals surface area contributed by atoms with Crippen LogP contribution >= 0.6 is 11.3 Å². The standard InChI is InChI=1S/C13H6F3NO2S/c14-13(15,16)10-5-7(1-3-9(10)12(18)19)11-4-2-8(6-17)20-11/h1-5H,(H,18,19). The van der Waals surface area contributed by atoms with Crippen LogP contribution in [0, 0.1) is 11.3 Å². The molecule has 0 atom stereocenters. The molecule has 1 aromatic heterocycles. The molecule has 0 unspecified atom stereocenters. The Hall–Kier alpha value is -2.33. The molecule has 0 saturated heterocycles. The van der Waals surface area contributed by atoms with E-state index in [1.54, 1.807) is 0 Å². The van der Waals surface area contributed by atoms with E-state index < -0.39 is 23.3 Å². The third-order valence-electron chi connectivity index (χ3n) is 2.56. The van der Waals surface area contributed by atoms with Gasteiger partial charge < -0.3 is 5.11 Å². The van der Waals surface area contributed by atoms with E-state index in [-0.39, 0.29) is 5.56 Å². The predicted molar refractivity (Wildman–Crippen MR) is 66.4 cm³/mol. The van der Waals surface area contributed by atoms with Crippen LogP contribution in [0.3, 0.4) is 0 Å². The van der Waals surface area contributed by atoms with Gasteiger partial charge in [-0.05, 0) is 29.8 Å². The Morgan fingerprint density at radius 1 is 1.25 bits per heavy atom. The first-order chi connectivity index (χ1) is 9.32. The molecule has 0 aliphatic rings. The van der Waals surface area contributed by atoms with Gasteiger partial charge in [-0.3, -0.25) is 0 Å². The first kappa shape index (κ1) is 14.1. The predicted octanol–water partition coefficient (Wildman–Crippen LogP) is 4.00. The maximum Gasteiger partial charge on any atom is 0.417 e. The van der Waals surface area contributed by atoms with E-state index in [2.05, 4.69) is 0 Å². The van der Waals surface area contributed by atoms with E-state index in [9.17, 15) is 18.0 Å². The van der Waals surface area contributed by atoms with Crippen molar-refractivity contribution < 1.29 is 23.1 Å². The number of halogens is 3. The Labute approximate surface area is 115 Å². The van der Waals surface area contributed by atoms with Crippen molar-refractivity contribution in [3.05, 3.63) is 46.3 Å². The molecule has 0 fully saturated rings. The monoisotopic (exact) mass is 297 g/mol. The zero-order valence-corrected chi connectivity index (χ0v) is 10.5. The minimum atomic E-state index is -4.75. The maximum atomic E-state index is 12.9. The third-order valence-corrected chi connectivity index (χ3v) is 3.60. The molecule has 1 heterocycles. The van der Waals surface area contributed by atoms with E-state index in [4.69, 9.17) is 10.4 Å². The molecule has 20 heavy (non-hydrogen) atoms. The van der Waals surface area contributed by atoms with Crippen LogP contribution in [0.15, 0.2) is 30.3 Å². The molecule has 102 valence electrons. The lowest BCUT2D eigenvalue weighted by molar-refractivity contribution is -0.138. The largest absolute Gasteiger partial charge is 0.478 e. The van der Waals surface area contributed by atoms with E-state index in [0.717, 1.165) is 23.5 Å². The molecule has 2 rings (SSSR count). The van der Waals surface area contributed by atoms with E-state index >= 15 is 0 Å². The van der Waals surface area contributed by atoms with Crippen molar-refractivity contribution in [2.75, 3.05) is 0 Å². The average molecular weight is 297 g/mol. The first-order valence-corrected chi connectivity index (χ1v) is 6.09. The van der Waals surface area contributed by atoms with Crippen molar-refractivity contribution in [3.63, 3.8) is 0 Å². The minimum Gasteiger partial charge on any atom is -0.478 e. The lowest BCUT2D eigenvalue weighted by atomic mass is 10.0. The number of thiophene rings is 1. The van der Waals surface area contributed by atoms with Gasteiger partial charge in [-0.1, -0.05) is 6.07 Å².